The quantitative estimate of drug-likeness (QED) is 0.891. The molecule has 0 fully saturated rings. The van der Waals surface area contributed by atoms with Gasteiger partial charge in [-0.3, -0.25) is 4.72 Å². The van der Waals surface area contributed by atoms with Crippen LogP contribution >= 0.6 is 27.3 Å². The third-order valence-electron chi connectivity index (χ3n) is 2.44. The number of sulfonamides is 1. The molecule has 4 nitrogen and oxygen atoms in total. The highest BCUT2D eigenvalue weighted by Gasteiger charge is 2.19. The summed E-state index contributed by atoms with van der Waals surface area (Å²) in [6.45, 7) is 1.78. The van der Waals surface area contributed by atoms with Gasteiger partial charge in [0.2, 0.25) is 0 Å². The van der Waals surface area contributed by atoms with Gasteiger partial charge in [0, 0.05) is 0 Å². The summed E-state index contributed by atoms with van der Waals surface area (Å²) in [6.07, 6.45) is 0. The van der Waals surface area contributed by atoms with Gasteiger partial charge >= 0.3 is 0 Å². The van der Waals surface area contributed by atoms with Crippen LogP contribution in [0.25, 0.3) is 0 Å². The van der Waals surface area contributed by atoms with Crippen molar-refractivity contribution in [3.05, 3.63) is 45.0 Å². The smallest absolute Gasteiger partial charge is 0.271 e. The molecule has 8 heteroatoms. The van der Waals surface area contributed by atoms with E-state index in [1.54, 1.807) is 13.0 Å². The van der Waals surface area contributed by atoms with Crippen molar-refractivity contribution in [3.8, 4) is 6.07 Å². The zero-order valence-electron chi connectivity index (χ0n) is 10.1. The summed E-state index contributed by atoms with van der Waals surface area (Å²) >= 11 is 4.34. The number of aryl methyl sites for hydroxylation is 1. The van der Waals surface area contributed by atoms with Crippen molar-refractivity contribution in [3.63, 3.8) is 0 Å². The van der Waals surface area contributed by atoms with Gasteiger partial charge in [0.15, 0.2) is 0 Å². The first-order valence-corrected chi connectivity index (χ1v) is 8.41. The molecule has 20 heavy (non-hydrogen) atoms. The molecule has 0 amide bonds. The molecule has 0 unspecified atom stereocenters. The Kier molecular flexibility index (Phi) is 4.13. The molecule has 1 aromatic carbocycles. The SMILES string of the molecule is Cc1cc(S(=O)(=O)Nc2ccc(F)c(C#N)c2)sc1Br. The van der Waals surface area contributed by atoms with Crippen molar-refractivity contribution in [2.24, 2.45) is 0 Å². The van der Waals surface area contributed by atoms with Crippen LogP contribution in [0.4, 0.5) is 10.1 Å². The minimum absolute atomic E-state index is 0.143. The van der Waals surface area contributed by atoms with Gasteiger partial charge in [-0.25, -0.2) is 12.8 Å². The van der Waals surface area contributed by atoms with E-state index in [1.165, 1.54) is 12.1 Å². The molecule has 0 saturated carbocycles. The van der Waals surface area contributed by atoms with Gasteiger partial charge in [-0.2, -0.15) is 5.26 Å². The van der Waals surface area contributed by atoms with Crippen LogP contribution in [0.5, 0.6) is 0 Å². The monoisotopic (exact) mass is 374 g/mol. The number of anilines is 1. The zero-order chi connectivity index (χ0) is 14.9. The van der Waals surface area contributed by atoms with E-state index >= 15 is 0 Å². The Hall–Kier alpha value is -1.43. The lowest BCUT2D eigenvalue weighted by atomic mass is 10.2. The summed E-state index contributed by atoms with van der Waals surface area (Å²) in [5.74, 6) is -0.690. The molecule has 2 rings (SSSR count). The van der Waals surface area contributed by atoms with Crippen molar-refractivity contribution in [1.29, 1.82) is 5.26 Å². The first-order chi connectivity index (χ1) is 9.33. The molecular weight excluding hydrogens is 367 g/mol. The Morgan fingerprint density at radius 2 is 2.10 bits per heavy atom. The van der Waals surface area contributed by atoms with Crippen molar-refractivity contribution in [1.82, 2.24) is 0 Å². The summed E-state index contributed by atoms with van der Waals surface area (Å²) < 4.78 is 40.7. The van der Waals surface area contributed by atoms with Crippen LogP contribution in [0.1, 0.15) is 11.1 Å². The molecule has 0 spiro atoms. The first-order valence-electron chi connectivity index (χ1n) is 5.32. The molecule has 1 aromatic heterocycles. The molecular formula is C12H8BrFN2O2S2. The average molecular weight is 375 g/mol. The van der Waals surface area contributed by atoms with E-state index < -0.39 is 15.8 Å². The van der Waals surface area contributed by atoms with E-state index in [0.29, 0.717) is 0 Å². The van der Waals surface area contributed by atoms with Crippen molar-refractivity contribution in [2.75, 3.05) is 4.72 Å². The summed E-state index contributed by atoms with van der Waals surface area (Å²) in [4.78, 5) is 0. The highest BCUT2D eigenvalue weighted by molar-refractivity contribution is 9.11. The molecule has 0 radical (unpaired) electrons. The number of rotatable bonds is 3. The number of hydrogen-bond acceptors (Lipinski definition) is 4. The Balaban J connectivity index is 2.36. The molecule has 0 saturated heterocycles. The largest absolute Gasteiger partial charge is 0.279 e. The second-order valence-electron chi connectivity index (χ2n) is 3.93. The molecule has 2 aromatic rings. The fourth-order valence-corrected chi connectivity index (χ4v) is 4.72. The number of thiophene rings is 1. The van der Waals surface area contributed by atoms with Gasteiger partial charge in [-0.15, -0.1) is 11.3 Å². The van der Waals surface area contributed by atoms with Gasteiger partial charge in [0.1, 0.15) is 16.1 Å². The number of nitrogens with one attached hydrogen (secondary N) is 1. The summed E-state index contributed by atoms with van der Waals surface area (Å²) in [5.41, 5.74) is 0.742. The topological polar surface area (TPSA) is 70.0 Å². The Morgan fingerprint density at radius 1 is 1.40 bits per heavy atom. The van der Waals surface area contributed by atoms with Gasteiger partial charge in [-0.05, 0) is 52.7 Å². The number of benzene rings is 1. The minimum atomic E-state index is -3.75. The van der Waals surface area contributed by atoms with Crippen LogP contribution in [0.15, 0.2) is 32.3 Å². The number of hydrogen-bond donors (Lipinski definition) is 1. The fraction of sp³-hybridized carbons (Fsp3) is 0.0833. The van der Waals surface area contributed by atoms with Gasteiger partial charge in [-0.1, -0.05) is 0 Å². The fourth-order valence-electron chi connectivity index (χ4n) is 1.44. The minimum Gasteiger partial charge on any atom is -0.279 e. The van der Waals surface area contributed by atoms with Crippen molar-refractivity contribution < 1.29 is 12.8 Å². The van der Waals surface area contributed by atoms with Gasteiger partial charge in [0.25, 0.3) is 10.0 Å². The maximum atomic E-state index is 13.2. The van der Waals surface area contributed by atoms with E-state index in [-0.39, 0.29) is 15.5 Å². The summed E-state index contributed by atoms with van der Waals surface area (Å²) in [7, 11) is -3.75. The predicted molar refractivity (Wildman–Crippen MR) is 78.7 cm³/mol. The molecule has 104 valence electrons. The Labute approximate surface area is 128 Å². The third kappa shape index (κ3) is 3.00. The molecule has 1 heterocycles. The first kappa shape index (κ1) is 15.0. The van der Waals surface area contributed by atoms with E-state index in [4.69, 9.17) is 5.26 Å². The maximum absolute atomic E-state index is 13.2. The van der Waals surface area contributed by atoms with Crippen LogP contribution in [0.3, 0.4) is 0 Å². The lowest BCUT2D eigenvalue weighted by Crippen LogP contribution is -2.11. The third-order valence-corrected chi connectivity index (χ3v) is 6.43. The van der Waals surface area contributed by atoms with Crippen LogP contribution in [0.2, 0.25) is 0 Å². The standard InChI is InChI=1S/C12H8BrFN2O2S2/c1-7-4-11(19-12(7)13)20(17,18)16-9-2-3-10(14)8(5-9)6-15/h2-5,16H,1H3. The van der Waals surface area contributed by atoms with E-state index in [2.05, 4.69) is 20.7 Å². The van der Waals surface area contributed by atoms with Crippen LogP contribution in [-0.2, 0) is 10.0 Å². The lowest BCUT2D eigenvalue weighted by molar-refractivity contribution is 0.602. The second-order valence-corrected chi connectivity index (χ2v) is 8.21. The molecule has 0 aliphatic heterocycles. The second kappa shape index (κ2) is 5.52. The van der Waals surface area contributed by atoms with Crippen LogP contribution in [-0.4, -0.2) is 8.42 Å². The molecule has 0 aliphatic rings. The lowest BCUT2D eigenvalue weighted by Gasteiger charge is -2.06. The van der Waals surface area contributed by atoms with E-state index in [1.807, 2.05) is 0 Å². The zero-order valence-corrected chi connectivity index (χ0v) is 13.4. The van der Waals surface area contributed by atoms with Crippen LogP contribution < -0.4 is 4.72 Å². The Bertz CT molecular complexity index is 790. The Morgan fingerprint density at radius 3 is 2.65 bits per heavy atom. The van der Waals surface area contributed by atoms with Gasteiger partial charge in [0.05, 0.1) is 15.0 Å². The molecule has 0 bridgehead atoms. The molecule has 0 atom stereocenters. The number of nitriles is 1. The molecule has 0 aliphatic carbocycles. The highest BCUT2D eigenvalue weighted by atomic mass is 79.9. The average Bonchev–Trinajstić information content (AvgIpc) is 2.72. The normalized spacial score (nSPS) is 11.1. The summed E-state index contributed by atoms with van der Waals surface area (Å²) in [6, 6.07) is 6.66. The maximum Gasteiger partial charge on any atom is 0.271 e. The molecule has 1 N–H and O–H groups in total. The number of halogens is 2. The van der Waals surface area contributed by atoms with Crippen molar-refractivity contribution >= 4 is 43.0 Å². The van der Waals surface area contributed by atoms with Gasteiger partial charge < -0.3 is 0 Å². The summed E-state index contributed by atoms with van der Waals surface area (Å²) in [5, 5.41) is 8.73. The van der Waals surface area contributed by atoms with Crippen molar-refractivity contribution in [2.45, 2.75) is 11.1 Å². The highest BCUT2D eigenvalue weighted by Crippen LogP contribution is 2.31. The number of nitrogens with zero attached hydrogens (tertiary/aromatic N) is 1. The van der Waals surface area contributed by atoms with Crippen LogP contribution in [0, 0.1) is 24.1 Å². The van der Waals surface area contributed by atoms with E-state index in [0.717, 1.165) is 32.8 Å². The van der Waals surface area contributed by atoms with E-state index in [9.17, 15) is 12.8 Å². The predicted octanol–water partition coefficient (Wildman–Crippen LogP) is 3.63.